The molecule has 3 aromatic rings. The maximum Gasteiger partial charge on any atom is 0.263 e. The fraction of sp³-hybridized carbons (Fsp3) is 0. The van der Waals surface area contributed by atoms with E-state index in [4.69, 9.17) is 23.2 Å². The van der Waals surface area contributed by atoms with Crippen LogP contribution in [-0.4, -0.2) is 23.2 Å². The minimum Gasteiger partial charge on any atom is -0.277 e. The predicted octanol–water partition coefficient (Wildman–Crippen LogP) is 4.14. The Morgan fingerprint density at radius 3 is 2.58 bits per heavy atom. The molecule has 1 heterocycles. The zero-order valence-electron chi connectivity index (χ0n) is 11.8. The van der Waals surface area contributed by atoms with Crippen LogP contribution >= 0.6 is 39.1 Å². The van der Waals surface area contributed by atoms with Gasteiger partial charge in [0.2, 0.25) is 0 Å². The van der Waals surface area contributed by atoms with Gasteiger partial charge in [0.05, 0.1) is 16.4 Å². The van der Waals surface area contributed by atoms with Gasteiger partial charge in [0, 0.05) is 9.50 Å². The second kappa shape index (κ2) is 6.72. The van der Waals surface area contributed by atoms with E-state index in [1.54, 1.807) is 18.2 Å². The van der Waals surface area contributed by atoms with E-state index in [1.165, 1.54) is 35.5 Å². The number of hydrogen-bond acceptors (Lipinski definition) is 4. The van der Waals surface area contributed by atoms with E-state index in [-0.39, 0.29) is 15.6 Å². The number of nitrogens with one attached hydrogen (secondary N) is 1. The summed E-state index contributed by atoms with van der Waals surface area (Å²) in [4.78, 5) is 3.81. The first-order valence-corrected chi connectivity index (χ1v) is 9.52. The van der Waals surface area contributed by atoms with Crippen LogP contribution in [0.25, 0.3) is 5.69 Å². The first-order chi connectivity index (χ1) is 11.4. The number of rotatable bonds is 4. The summed E-state index contributed by atoms with van der Waals surface area (Å²) in [6.07, 6.45) is 2.80. The van der Waals surface area contributed by atoms with Crippen molar-refractivity contribution in [2.24, 2.45) is 0 Å². The van der Waals surface area contributed by atoms with Crippen LogP contribution in [0.2, 0.25) is 10.0 Å². The fourth-order valence-electron chi connectivity index (χ4n) is 2.02. The van der Waals surface area contributed by atoms with E-state index in [9.17, 15) is 8.42 Å². The van der Waals surface area contributed by atoms with Crippen molar-refractivity contribution in [3.8, 4) is 5.69 Å². The van der Waals surface area contributed by atoms with Crippen molar-refractivity contribution >= 4 is 54.8 Å². The van der Waals surface area contributed by atoms with Crippen molar-refractivity contribution in [2.75, 3.05) is 4.72 Å². The predicted molar refractivity (Wildman–Crippen MR) is 96.3 cm³/mol. The van der Waals surface area contributed by atoms with Crippen LogP contribution in [0.4, 0.5) is 5.69 Å². The molecule has 2 aromatic carbocycles. The summed E-state index contributed by atoms with van der Waals surface area (Å²) in [7, 11) is -3.91. The van der Waals surface area contributed by atoms with Gasteiger partial charge in [-0.05, 0) is 36.4 Å². The summed E-state index contributed by atoms with van der Waals surface area (Å²) < 4.78 is 29.9. The van der Waals surface area contributed by atoms with Gasteiger partial charge in [-0.15, -0.1) is 0 Å². The molecule has 1 aromatic heterocycles. The van der Waals surface area contributed by atoms with Gasteiger partial charge in [0.15, 0.2) is 0 Å². The van der Waals surface area contributed by atoms with E-state index in [0.717, 1.165) is 0 Å². The quantitative estimate of drug-likeness (QED) is 0.651. The molecular weight excluding hydrogens is 439 g/mol. The van der Waals surface area contributed by atoms with E-state index in [1.807, 2.05) is 0 Å². The Bertz CT molecular complexity index is 994. The lowest BCUT2D eigenvalue weighted by Gasteiger charge is -2.13. The van der Waals surface area contributed by atoms with E-state index >= 15 is 0 Å². The number of aromatic nitrogens is 3. The summed E-state index contributed by atoms with van der Waals surface area (Å²) in [6, 6.07) is 9.27. The smallest absolute Gasteiger partial charge is 0.263 e. The summed E-state index contributed by atoms with van der Waals surface area (Å²) in [5.41, 5.74) is 0.737. The first kappa shape index (κ1) is 17.2. The normalized spacial score (nSPS) is 11.5. The molecule has 0 spiro atoms. The van der Waals surface area contributed by atoms with E-state index in [0.29, 0.717) is 15.2 Å². The van der Waals surface area contributed by atoms with Crippen molar-refractivity contribution in [1.82, 2.24) is 14.8 Å². The van der Waals surface area contributed by atoms with E-state index in [2.05, 4.69) is 30.7 Å². The largest absolute Gasteiger partial charge is 0.277 e. The molecule has 0 aliphatic heterocycles. The van der Waals surface area contributed by atoms with Crippen LogP contribution < -0.4 is 4.72 Å². The molecular formula is C14H9BrCl2N4O2S. The van der Waals surface area contributed by atoms with Gasteiger partial charge in [-0.3, -0.25) is 4.72 Å². The summed E-state index contributed by atoms with van der Waals surface area (Å²) >= 11 is 15.3. The Morgan fingerprint density at radius 2 is 1.92 bits per heavy atom. The molecule has 0 bridgehead atoms. The fourth-order valence-corrected chi connectivity index (χ4v) is 4.29. The van der Waals surface area contributed by atoms with Crippen LogP contribution in [0.15, 0.2) is 58.4 Å². The number of anilines is 1. The third-order valence-corrected chi connectivity index (χ3v) is 5.63. The monoisotopic (exact) mass is 446 g/mol. The van der Waals surface area contributed by atoms with Crippen molar-refractivity contribution in [3.05, 3.63) is 63.6 Å². The lowest BCUT2D eigenvalue weighted by molar-refractivity contribution is 0.601. The minimum atomic E-state index is -3.91. The highest BCUT2D eigenvalue weighted by molar-refractivity contribution is 9.10. The van der Waals surface area contributed by atoms with Gasteiger partial charge >= 0.3 is 0 Å². The second-order valence-electron chi connectivity index (χ2n) is 4.68. The molecule has 0 aliphatic carbocycles. The lowest BCUT2D eigenvalue weighted by atomic mass is 10.3. The Labute approximate surface area is 156 Å². The highest BCUT2D eigenvalue weighted by Gasteiger charge is 2.20. The zero-order chi connectivity index (χ0) is 17.3. The number of nitrogens with zero attached hydrogens (tertiary/aromatic N) is 3. The Hall–Kier alpha value is -1.61. The maximum atomic E-state index is 12.7. The topological polar surface area (TPSA) is 76.9 Å². The number of hydrogen-bond donors (Lipinski definition) is 1. The average molecular weight is 448 g/mol. The molecule has 0 amide bonds. The molecule has 0 atom stereocenters. The molecule has 0 radical (unpaired) electrons. The van der Waals surface area contributed by atoms with Gasteiger partial charge < -0.3 is 0 Å². The summed E-state index contributed by atoms with van der Waals surface area (Å²) in [6.45, 7) is 0. The zero-order valence-corrected chi connectivity index (χ0v) is 15.7. The summed E-state index contributed by atoms with van der Waals surface area (Å²) in [5, 5.41) is 4.48. The molecule has 1 N–H and O–H groups in total. The van der Waals surface area contributed by atoms with Gasteiger partial charge in [-0.25, -0.2) is 18.1 Å². The lowest BCUT2D eigenvalue weighted by Crippen LogP contribution is -2.15. The van der Waals surface area contributed by atoms with Crippen LogP contribution in [0.3, 0.4) is 0 Å². The number of halogens is 3. The molecule has 10 heteroatoms. The van der Waals surface area contributed by atoms with Crippen LogP contribution in [-0.2, 0) is 10.0 Å². The second-order valence-corrected chi connectivity index (χ2v) is 8.09. The molecule has 0 unspecified atom stereocenters. The Kier molecular flexibility index (Phi) is 4.82. The van der Waals surface area contributed by atoms with Crippen molar-refractivity contribution < 1.29 is 8.42 Å². The molecule has 6 nitrogen and oxygen atoms in total. The number of sulfonamides is 1. The van der Waals surface area contributed by atoms with Gasteiger partial charge in [-0.1, -0.05) is 39.1 Å². The van der Waals surface area contributed by atoms with Crippen molar-refractivity contribution in [3.63, 3.8) is 0 Å². The standard InChI is InChI=1S/C14H9BrCl2N4O2S/c15-9-1-4-14(11(17)5-9)24(22,23)20-12-6-10(16)2-3-13(12)21-8-18-7-19-21/h1-8,20H. The van der Waals surface area contributed by atoms with Gasteiger partial charge in [-0.2, -0.15) is 5.10 Å². The van der Waals surface area contributed by atoms with Gasteiger partial charge in [0.1, 0.15) is 17.6 Å². The van der Waals surface area contributed by atoms with Crippen LogP contribution in [0, 0.1) is 0 Å². The molecule has 0 aliphatic rings. The van der Waals surface area contributed by atoms with Crippen molar-refractivity contribution in [2.45, 2.75) is 4.90 Å². The molecule has 124 valence electrons. The Morgan fingerprint density at radius 1 is 1.12 bits per heavy atom. The SMILES string of the molecule is O=S(=O)(Nc1cc(Cl)ccc1-n1cncn1)c1ccc(Br)cc1Cl. The maximum absolute atomic E-state index is 12.7. The third kappa shape index (κ3) is 3.56. The van der Waals surface area contributed by atoms with Gasteiger partial charge in [0.25, 0.3) is 10.0 Å². The number of benzene rings is 2. The molecule has 0 saturated carbocycles. The highest BCUT2D eigenvalue weighted by Crippen LogP contribution is 2.30. The van der Waals surface area contributed by atoms with Crippen molar-refractivity contribution in [1.29, 1.82) is 0 Å². The first-order valence-electron chi connectivity index (χ1n) is 6.49. The third-order valence-electron chi connectivity index (χ3n) is 3.05. The molecule has 0 saturated heterocycles. The van der Waals surface area contributed by atoms with Crippen LogP contribution in [0.1, 0.15) is 0 Å². The van der Waals surface area contributed by atoms with Crippen LogP contribution in [0.5, 0.6) is 0 Å². The highest BCUT2D eigenvalue weighted by atomic mass is 79.9. The summed E-state index contributed by atoms with van der Waals surface area (Å²) in [5.74, 6) is 0. The minimum absolute atomic E-state index is 0.0446. The average Bonchev–Trinajstić information content (AvgIpc) is 3.00. The molecule has 0 fully saturated rings. The molecule has 3 rings (SSSR count). The Balaban J connectivity index is 2.06. The molecule has 24 heavy (non-hydrogen) atoms. The van der Waals surface area contributed by atoms with E-state index < -0.39 is 10.0 Å².